The summed E-state index contributed by atoms with van der Waals surface area (Å²) in [4.78, 5) is 0. The maximum absolute atomic E-state index is 12.5. The molecule has 0 aliphatic carbocycles. The van der Waals surface area contributed by atoms with Crippen LogP contribution in [0.3, 0.4) is 0 Å². The summed E-state index contributed by atoms with van der Waals surface area (Å²) in [5, 5.41) is 0. The van der Waals surface area contributed by atoms with Crippen LogP contribution in [0.2, 0.25) is 0 Å². The molecule has 1 aromatic carbocycles. The summed E-state index contributed by atoms with van der Waals surface area (Å²) in [7, 11) is 0.956. The summed E-state index contributed by atoms with van der Waals surface area (Å²) in [5.41, 5.74) is -0.263. The van der Waals surface area contributed by atoms with Crippen molar-refractivity contribution in [1.29, 1.82) is 0 Å². The molecule has 18 heavy (non-hydrogen) atoms. The molecule has 1 atom stereocenters. The fraction of sp³-hybridized carbons (Fsp3) is 0.455. The van der Waals surface area contributed by atoms with Gasteiger partial charge in [-0.15, -0.1) is 0 Å². The molecule has 0 heterocycles. The van der Waals surface area contributed by atoms with E-state index in [-0.39, 0.29) is 0 Å². The van der Waals surface area contributed by atoms with Gasteiger partial charge in [-0.05, 0) is 24.6 Å². The molecule has 3 nitrogen and oxygen atoms in total. The molecule has 1 aromatic rings. The molecule has 101 valence electrons. The van der Waals surface area contributed by atoms with Crippen LogP contribution < -0.4 is 0 Å². The van der Waals surface area contributed by atoms with Crippen LogP contribution >= 0.6 is 0 Å². The van der Waals surface area contributed by atoms with E-state index < -0.39 is 27.4 Å². The van der Waals surface area contributed by atoms with Gasteiger partial charge in [-0.3, -0.25) is 0 Å². The number of halogens is 3. The van der Waals surface area contributed by atoms with E-state index in [1.165, 1.54) is 20.3 Å². The van der Waals surface area contributed by atoms with Gasteiger partial charge in [-0.1, -0.05) is 12.1 Å². The molecule has 0 bridgehead atoms. The summed E-state index contributed by atoms with van der Waals surface area (Å²) in [6.07, 6.45) is -4.88. The lowest BCUT2D eigenvalue weighted by Crippen LogP contribution is -2.25. The van der Waals surface area contributed by atoms with Gasteiger partial charge in [-0.2, -0.15) is 13.2 Å². The third-order valence-electron chi connectivity index (χ3n) is 2.29. The van der Waals surface area contributed by atoms with E-state index in [1.807, 2.05) is 0 Å². The highest BCUT2D eigenvalue weighted by Gasteiger charge is 2.31. The molecule has 1 radical (unpaired) electrons. The Morgan fingerprint density at radius 3 is 2.28 bits per heavy atom. The van der Waals surface area contributed by atoms with Crippen molar-refractivity contribution in [3.05, 3.63) is 35.4 Å². The van der Waals surface area contributed by atoms with E-state index in [0.717, 1.165) is 12.1 Å². The minimum absolute atomic E-state index is 0.432. The molecule has 1 unspecified atom stereocenters. The van der Waals surface area contributed by atoms with Crippen molar-refractivity contribution in [3.63, 3.8) is 0 Å². The first-order chi connectivity index (χ1) is 8.38. The van der Waals surface area contributed by atoms with Crippen molar-refractivity contribution in [3.8, 4) is 0 Å². The Kier molecular flexibility index (Phi) is 5.33. The molecule has 0 aromatic heterocycles. The fourth-order valence-electron chi connectivity index (χ4n) is 1.36. The van der Waals surface area contributed by atoms with E-state index in [2.05, 4.69) is 0 Å². The van der Waals surface area contributed by atoms with Crippen LogP contribution in [0.5, 0.6) is 0 Å². The van der Waals surface area contributed by atoms with Gasteiger partial charge >= 0.3 is 15.7 Å². The fourth-order valence-corrected chi connectivity index (χ4v) is 2.14. The molecule has 0 spiro atoms. The Morgan fingerprint density at radius 1 is 1.17 bits per heavy atom. The highest BCUT2D eigenvalue weighted by molar-refractivity contribution is 6.36. The summed E-state index contributed by atoms with van der Waals surface area (Å²) < 4.78 is 52.9. The van der Waals surface area contributed by atoms with E-state index >= 15 is 0 Å². The summed E-state index contributed by atoms with van der Waals surface area (Å²) in [6, 6.07) is 5.01. The number of benzene rings is 1. The molecular formula is C11H14F3O3Si. The Bertz CT molecular complexity index is 380. The van der Waals surface area contributed by atoms with Crippen molar-refractivity contribution in [1.82, 2.24) is 0 Å². The highest BCUT2D eigenvalue weighted by Crippen LogP contribution is 2.31. The maximum Gasteiger partial charge on any atom is 0.577 e. The smallest absolute Gasteiger partial charge is 0.375 e. The van der Waals surface area contributed by atoms with Crippen LogP contribution in [0.15, 0.2) is 24.3 Å². The van der Waals surface area contributed by atoms with E-state index in [1.54, 1.807) is 13.0 Å². The number of hydrogen-bond donors (Lipinski definition) is 0. The molecule has 0 aliphatic heterocycles. The van der Waals surface area contributed by atoms with E-state index in [4.69, 9.17) is 13.3 Å². The van der Waals surface area contributed by atoms with Gasteiger partial charge in [0.2, 0.25) is 0 Å². The summed E-state index contributed by atoms with van der Waals surface area (Å²) >= 11 is 0. The highest BCUT2D eigenvalue weighted by atomic mass is 28.3. The molecular weight excluding hydrogens is 265 g/mol. The third-order valence-corrected chi connectivity index (χ3v) is 3.50. The standard InChI is InChI=1S/C11H14F3O3Si/c1-8(17-18(15-2)16-3)9-5-4-6-10(7-9)11(12,13)14/h4-8H,1-3H3. The van der Waals surface area contributed by atoms with Crippen molar-refractivity contribution < 1.29 is 26.4 Å². The zero-order valence-electron chi connectivity index (χ0n) is 10.2. The van der Waals surface area contributed by atoms with Crippen LogP contribution in [0.4, 0.5) is 13.2 Å². The van der Waals surface area contributed by atoms with Crippen LogP contribution in [-0.2, 0) is 19.5 Å². The molecule has 7 heteroatoms. The van der Waals surface area contributed by atoms with Gasteiger partial charge in [0.05, 0.1) is 11.7 Å². The summed E-state index contributed by atoms with van der Waals surface area (Å²) in [5.74, 6) is 0. The summed E-state index contributed by atoms with van der Waals surface area (Å²) in [6.45, 7) is 1.65. The molecule has 1 rings (SSSR count). The van der Waals surface area contributed by atoms with Gasteiger partial charge in [-0.25, -0.2) is 0 Å². The normalized spacial score (nSPS) is 13.9. The lowest BCUT2D eigenvalue weighted by Gasteiger charge is -2.18. The average molecular weight is 279 g/mol. The Labute approximate surface area is 105 Å². The van der Waals surface area contributed by atoms with E-state index in [0.29, 0.717) is 5.56 Å². The molecule has 0 N–H and O–H groups in total. The number of alkyl halides is 3. The molecule has 0 saturated heterocycles. The molecule has 0 amide bonds. The van der Waals surface area contributed by atoms with E-state index in [9.17, 15) is 13.2 Å². The monoisotopic (exact) mass is 279 g/mol. The van der Waals surface area contributed by atoms with Crippen LogP contribution in [0.25, 0.3) is 0 Å². The van der Waals surface area contributed by atoms with Gasteiger partial charge in [0.15, 0.2) is 0 Å². The van der Waals surface area contributed by atoms with Crippen molar-refractivity contribution in [2.75, 3.05) is 14.2 Å². The quantitative estimate of drug-likeness (QED) is 0.775. The zero-order valence-corrected chi connectivity index (χ0v) is 11.2. The van der Waals surface area contributed by atoms with Gasteiger partial charge < -0.3 is 13.3 Å². The second-order valence-corrected chi connectivity index (χ2v) is 5.09. The third kappa shape index (κ3) is 4.09. The first kappa shape index (κ1) is 15.2. The first-order valence-corrected chi connectivity index (χ1v) is 6.39. The van der Waals surface area contributed by atoms with Crippen LogP contribution in [0, 0.1) is 0 Å². The van der Waals surface area contributed by atoms with Crippen molar-refractivity contribution in [2.45, 2.75) is 19.2 Å². The minimum atomic E-state index is -4.36. The Morgan fingerprint density at radius 2 is 1.78 bits per heavy atom. The molecule has 0 saturated carbocycles. The lowest BCUT2D eigenvalue weighted by atomic mass is 10.1. The minimum Gasteiger partial charge on any atom is -0.375 e. The predicted molar refractivity (Wildman–Crippen MR) is 60.7 cm³/mol. The second-order valence-electron chi connectivity index (χ2n) is 3.54. The molecule has 0 fully saturated rings. The maximum atomic E-state index is 12.5. The van der Waals surface area contributed by atoms with Crippen LogP contribution in [0.1, 0.15) is 24.2 Å². The van der Waals surface area contributed by atoms with Crippen molar-refractivity contribution in [2.24, 2.45) is 0 Å². The van der Waals surface area contributed by atoms with Crippen molar-refractivity contribution >= 4 is 9.53 Å². The predicted octanol–water partition coefficient (Wildman–Crippen LogP) is 3.06. The Hall–Kier alpha value is -0.893. The lowest BCUT2D eigenvalue weighted by molar-refractivity contribution is -0.137. The molecule has 0 aliphatic rings. The van der Waals surface area contributed by atoms with Crippen LogP contribution in [-0.4, -0.2) is 23.7 Å². The zero-order chi connectivity index (χ0) is 13.8. The second kappa shape index (κ2) is 6.33. The average Bonchev–Trinajstić information content (AvgIpc) is 2.34. The van der Waals surface area contributed by atoms with Gasteiger partial charge in [0.25, 0.3) is 0 Å². The first-order valence-electron chi connectivity index (χ1n) is 5.17. The Balaban J connectivity index is 2.83. The number of hydrogen-bond acceptors (Lipinski definition) is 3. The SMILES string of the molecule is CO[Si](OC)OC(C)c1cccc(C(F)(F)F)c1. The largest absolute Gasteiger partial charge is 0.577 e. The van der Waals surface area contributed by atoms with Gasteiger partial charge in [0, 0.05) is 14.2 Å². The topological polar surface area (TPSA) is 27.7 Å². The number of rotatable bonds is 5. The van der Waals surface area contributed by atoms with Gasteiger partial charge in [0.1, 0.15) is 0 Å².